The normalized spacial score (nSPS) is 10.7. The summed E-state index contributed by atoms with van der Waals surface area (Å²) in [6.45, 7) is -0.311. The fourth-order valence-corrected chi connectivity index (χ4v) is 1.55. The van der Waals surface area contributed by atoms with E-state index in [1.54, 1.807) is 0 Å². The molecule has 0 atom stereocenters. The number of halogens is 1. The molecule has 0 amide bonds. The molecule has 5 nitrogen and oxygen atoms in total. The fourth-order valence-electron chi connectivity index (χ4n) is 1.55. The number of nitrogens with two attached hydrogens (primary N) is 1. The fraction of sp³-hybridized carbons (Fsp3) is 0.0909. The second-order valence-corrected chi connectivity index (χ2v) is 3.52. The van der Waals surface area contributed by atoms with Crippen LogP contribution in [0.5, 0.6) is 0 Å². The zero-order chi connectivity index (χ0) is 12.6. The number of aliphatic hydroxyl groups excluding tert-OH is 1. The SMILES string of the molecule is Nc1nc2cc(F)c(C(=O)O)cc2cc1CO. The Kier molecular flexibility index (Phi) is 2.64. The lowest BCUT2D eigenvalue weighted by Crippen LogP contribution is -2.03. The molecule has 1 heterocycles. The van der Waals surface area contributed by atoms with Crippen LogP contribution in [0.3, 0.4) is 0 Å². The average Bonchev–Trinajstić information content (AvgIpc) is 2.27. The van der Waals surface area contributed by atoms with Crippen LogP contribution in [0.1, 0.15) is 15.9 Å². The number of aliphatic hydroxyl groups is 1. The Labute approximate surface area is 95.3 Å². The molecule has 4 N–H and O–H groups in total. The molecular weight excluding hydrogens is 227 g/mol. The molecule has 1 aromatic heterocycles. The third kappa shape index (κ3) is 1.90. The highest BCUT2D eigenvalue weighted by Gasteiger charge is 2.13. The average molecular weight is 236 g/mol. The van der Waals surface area contributed by atoms with Crippen LogP contribution in [-0.4, -0.2) is 21.2 Å². The van der Waals surface area contributed by atoms with Crippen molar-refractivity contribution in [2.45, 2.75) is 6.61 Å². The van der Waals surface area contributed by atoms with E-state index >= 15 is 0 Å². The Bertz CT molecular complexity index is 613. The monoisotopic (exact) mass is 236 g/mol. The number of nitrogen functional groups attached to an aromatic ring is 1. The maximum Gasteiger partial charge on any atom is 0.338 e. The summed E-state index contributed by atoms with van der Waals surface area (Å²) >= 11 is 0. The van der Waals surface area contributed by atoms with Crippen molar-refractivity contribution in [3.63, 3.8) is 0 Å². The zero-order valence-electron chi connectivity index (χ0n) is 8.64. The van der Waals surface area contributed by atoms with Crippen molar-refractivity contribution >= 4 is 22.7 Å². The smallest absolute Gasteiger partial charge is 0.338 e. The number of hydrogen-bond acceptors (Lipinski definition) is 4. The van der Waals surface area contributed by atoms with Crippen molar-refractivity contribution < 1.29 is 19.4 Å². The number of rotatable bonds is 2. The Morgan fingerprint density at radius 3 is 2.71 bits per heavy atom. The Hall–Kier alpha value is -2.21. The van der Waals surface area contributed by atoms with E-state index in [-0.39, 0.29) is 17.9 Å². The molecule has 0 aliphatic carbocycles. The van der Waals surface area contributed by atoms with Gasteiger partial charge >= 0.3 is 5.97 Å². The molecule has 17 heavy (non-hydrogen) atoms. The third-order valence-corrected chi connectivity index (χ3v) is 2.42. The van der Waals surface area contributed by atoms with Crippen molar-refractivity contribution in [1.29, 1.82) is 0 Å². The largest absolute Gasteiger partial charge is 0.478 e. The summed E-state index contributed by atoms with van der Waals surface area (Å²) in [5.41, 5.74) is 5.73. The van der Waals surface area contributed by atoms with Crippen LogP contribution in [0.25, 0.3) is 10.9 Å². The first-order chi connectivity index (χ1) is 8.02. The number of aromatic carboxylic acids is 1. The molecule has 6 heteroatoms. The molecular formula is C11H9FN2O3. The number of pyridine rings is 1. The number of anilines is 1. The lowest BCUT2D eigenvalue weighted by atomic mass is 10.1. The second-order valence-electron chi connectivity index (χ2n) is 3.52. The first kappa shape index (κ1) is 11.3. The van der Waals surface area contributed by atoms with Gasteiger partial charge in [0.15, 0.2) is 0 Å². The lowest BCUT2D eigenvalue weighted by Gasteiger charge is -2.06. The van der Waals surface area contributed by atoms with E-state index in [9.17, 15) is 9.18 Å². The van der Waals surface area contributed by atoms with Crippen LogP contribution in [0, 0.1) is 5.82 Å². The van der Waals surface area contributed by atoms with Crippen molar-refractivity contribution in [1.82, 2.24) is 4.98 Å². The minimum atomic E-state index is -1.35. The Morgan fingerprint density at radius 1 is 1.41 bits per heavy atom. The molecule has 0 bridgehead atoms. The zero-order valence-corrected chi connectivity index (χ0v) is 8.64. The number of fused-ring (bicyclic) bond motifs is 1. The standard InChI is InChI=1S/C11H9FN2O3/c12-8-3-9-5(2-7(8)11(16)17)1-6(4-15)10(13)14-9/h1-3,15H,4H2,(H2,13,14)(H,16,17). The number of aromatic nitrogens is 1. The maximum atomic E-state index is 13.4. The van der Waals surface area contributed by atoms with E-state index in [1.165, 1.54) is 12.1 Å². The van der Waals surface area contributed by atoms with Gasteiger partial charge in [-0.25, -0.2) is 14.2 Å². The van der Waals surface area contributed by atoms with Crippen LogP contribution in [-0.2, 0) is 6.61 Å². The highest BCUT2D eigenvalue weighted by Crippen LogP contribution is 2.22. The molecule has 0 fully saturated rings. The van der Waals surface area contributed by atoms with Gasteiger partial charge in [-0.2, -0.15) is 0 Å². The predicted octanol–water partition coefficient (Wildman–Crippen LogP) is 1.15. The van der Waals surface area contributed by atoms with Gasteiger partial charge in [-0.15, -0.1) is 0 Å². The summed E-state index contributed by atoms with van der Waals surface area (Å²) in [7, 11) is 0. The van der Waals surface area contributed by atoms with E-state index in [4.69, 9.17) is 15.9 Å². The highest BCUT2D eigenvalue weighted by atomic mass is 19.1. The third-order valence-electron chi connectivity index (χ3n) is 2.42. The first-order valence-corrected chi connectivity index (χ1v) is 4.75. The maximum absolute atomic E-state index is 13.4. The molecule has 2 aromatic rings. The van der Waals surface area contributed by atoms with Gasteiger partial charge in [0.2, 0.25) is 0 Å². The van der Waals surface area contributed by atoms with Crippen LogP contribution in [0.15, 0.2) is 18.2 Å². The first-order valence-electron chi connectivity index (χ1n) is 4.75. The molecule has 0 saturated carbocycles. The van der Waals surface area contributed by atoms with Crippen LogP contribution in [0.2, 0.25) is 0 Å². The minimum Gasteiger partial charge on any atom is -0.478 e. The molecule has 2 rings (SSSR count). The predicted molar refractivity (Wildman–Crippen MR) is 59.0 cm³/mol. The number of carboxylic acid groups (broad SMARTS) is 1. The molecule has 0 spiro atoms. The molecule has 88 valence electrons. The van der Waals surface area contributed by atoms with Crippen LogP contribution in [0.4, 0.5) is 10.2 Å². The number of benzene rings is 1. The summed E-state index contributed by atoms with van der Waals surface area (Å²) in [4.78, 5) is 14.6. The summed E-state index contributed by atoms with van der Waals surface area (Å²) in [6, 6.07) is 3.67. The van der Waals surface area contributed by atoms with Gasteiger partial charge in [0.1, 0.15) is 11.6 Å². The van der Waals surface area contributed by atoms with E-state index in [0.29, 0.717) is 10.9 Å². The number of hydrogen-bond donors (Lipinski definition) is 3. The summed E-state index contributed by atoms with van der Waals surface area (Å²) in [5, 5.41) is 18.2. The summed E-state index contributed by atoms with van der Waals surface area (Å²) in [5.74, 6) is -2.12. The van der Waals surface area contributed by atoms with Crippen molar-refractivity contribution in [3.8, 4) is 0 Å². The highest BCUT2D eigenvalue weighted by molar-refractivity contribution is 5.94. The molecule has 0 aliphatic rings. The van der Waals surface area contributed by atoms with Gasteiger partial charge in [0, 0.05) is 17.0 Å². The lowest BCUT2D eigenvalue weighted by molar-refractivity contribution is 0.0692. The van der Waals surface area contributed by atoms with E-state index < -0.39 is 17.3 Å². The molecule has 0 radical (unpaired) electrons. The molecule has 0 unspecified atom stereocenters. The van der Waals surface area contributed by atoms with Crippen molar-refractivity contribution in [2.24, 2.45) is 0 Å². The van der Waals surface area contributed by atoms with Gasteiger partial charge < -0.3 is 15.9 Å². The second kappa shape index (κ2) is 3.99. The van der Waals surface area contributed by atoms with Gasteiger partial charge in [-0.3, -0.25) is 0 Å². The van der Waals surface area contributed by atoms with Crippen LogP contribution < -0.4 is 5.73 Å². The van der Waals surface area contributed by atoms with Gasteiger partial charge in [0.25, 0.3) is 0 Å². The van der Waals surface area contributed by atoms with E-state index in [1.807, 2.05) is 0 Å². The van der Waals surface area contributed by atoms with E-state index in [0.717, 1.165) is 6.07 Å². The number of carboxylic acids is 1. The van der Waals surface area contributed by atoms with Gasteiger partial charge in [-0.05, 0) is 12.1 Å². The van der Waals surface area contributed by atoms with E-state index in [2.05, 4.69) is 4.98 Å². The van der Waals surface area contributed by atoms with Crippen molar-refractivity contribution in [2.75, 3.05) is 5.73 Å². The number of carbonyl (C=O) groups is 1. The summed E-state index contributed by atoms with van der Waals surface area (Å²) < 4.78 is 13.4. The molecule has 1 aromatic carbocycles. The Morgan fingerprint density at radius 2 is 2.12 bits per heavy atom. The topological polar surface area (TPSA) is 96.4 Å². The molecule has 0 saturated heterocycles. The quantitative estimate of drug-likeness (QED) is 0.726. The molecule has 0 aliphatic heterocycles. The van der Waals surface area contributed by atoms with Crippen molar-refractivity contribution in [3.05, 3.63) is 35.1 Å². The summed E-state index contributed by atoms with van der Waals surface area (Å²) in [6.07, 6.45) is 0. The minimum absolute atomic E-state index is 0.0995. The Balaban J connectivity index is 2.75. The van der Waals surface area contributed by atoms with Gasteiger partial charge in [-0.1, -0.05) is 0 Å². The van der Waals surface area contributed by atoms with Crippen LogP contribution >= 0.6 is 0 Å². The number of nitrogens with zero attached hydrogens (tertiary/aromatic N) is 1. The van der Waals surface area contributed by atoms with Gasteiger partial charge in [0.05, 0.1) is 17.7 Å².